The summed E-state index contributed by atoms with van der Waals surface area (Å²) in [6.07, 6.45) is 1.43. The summed E-state index contributed by atoms with van der Waals surface area (Å²) in [4.78, 5) is 28.9. The Hall–Kier alpha value is -4.20. The van der Waals surface area contributed by atoms with Crippen molar-refractivity contribution >= 4 is 11.7 Å². The second kappa shape index (κ2) is 11.0. The predicted octanol–water partition coefficient (Wildman–Crippen LogP) is 4.39. The topological polar surface area (TPSA) is 73.3 Å². The van der Waals surface area contributed by atoms with Crippen LogP contribution in [0.25, 0.3) is 0 Å². The molecule has 5 rings (SSSR count). The van der Waals surface area contributed by atoms with Crippen molar-refractivity contribution in [1.29, 1.82) is 0 Å². The molecule has 1 N–H and O–H groups in total. The molecule has 1 unspecified atom stereocenters. The largest absolute Gasteiger partial charge is 0.483 e. The van der Waals surface area contributed by atoms with E-state index >= 15 is 0 Å². The highest BCUT2D eigenvalue weighted by Gasteiger charge is 2.46. The molecule has 194 valence electrons. The zero-order chi connectivity index (χ0) is 26.6. The van der Waals surface area contributed by atoms with Gasteiger partial charge in [-0.1, -0.05) is 91.0 Å². The number of aliphatic hydroxyl groups is 1. The van der Waals surface area contributed by atoms with Gasteiger partial charge < -0.3 is 14.7 Å². The Kier molecular flexibility index (Phi) is 7.40. The number of fused-ring (bicyclic) bond motifs is 1. The van der Waals surface area contributed by atoms with E-state index in [4.69, 9.17) is 4.74 Å². The number of nitrogens with zero attached hydrogens (tertiary/aromatic N) is 3. The lowest BCUT2D eigenvalue weighted by atomic mass is 9.97. The molecule has 7 heteroatoms. The molecule has 3 aromatic carbocycles. The molecule has 0 aliphatic carbocycles. The van der Waals surface area contributed by atoms with Gasteiger partial charge in [0.05, 0.1) is 12.7 Å². The Morgan fingerprint density at radius 1 is 0.868 bits per heavy atom. The quantitative estimate of drug-likeness (QED) is 0.509. The standard InChI is InChI=1S/C31H31N3O4/c1-22(2)32-21-33(28(24-14-8-4-9-15-24)25-16-10-5-11-17-25)34-27(36)19-18-26(35)30(29(34)31(32)37)38-20-23-12-6-3-7-13-23/h3-19,22,27-28,36H,20-21H2,1-2H3. The molecule has 1 fully saturated rings. The number of carbonyl (C=O) groups excluding carboxylic acids is 2. The van der Waals surface area contributed by atoms with Crippen molar-refractivity contribution in [2.24, 2.45) is 0 Å². The fourth-order valence-electron chi connectivity index (χ4n) is 4.86. The Morgan fingerprint density at radius 2 is 1.42 bits per heavy atom. The number of ketones is 1. The van der Waals surface area contributed by atoms with E-state index < -0.39 is 12.0 Å². The van der Waals surface area contributed by atoms with Gasteiger partial charge in [-0.15, -0.1) is 0 Å². The maximum absolute atomic E-state index is 13.9. The molecule has 2 aliphatic heterocycles. The molecule has 0 radical (unpaired) electrons. The predicted molar refractivity (Wildman–Crippen MR) is 144 cm³/mol. The highest BCUT2D eigenvalue weighted by molar-refractivity contribution is 6.09. The number of hydrazine groups is 1. The molecule has 2 aliphatic rings. The van der Waals surface area contributed by atoms with Crippen molar-refractivity contribution in [2.75, 3.05) is 6.67 Å². The highest BCUT2D eigenvalue weighted by atomic mass is 16.5. The molecule has 0 bridgehead atoms. The third-order valence-corrected chi connectivity index (χ3v) is 6.75. The summed E-state index contributed by atoms with van der Waals surface area (Å²) in [6.45, 7) is 4.19. The summed E-state index contributed by atoms with van der Waals surface area (Å²) >= 11 is 0. The van der Waals surface area contributed by atoms with Crippen molar-refractivity contribution in [1.82, 2.24) is 14.9 Å². The second-order valence-corrected chi connectivity index (χ2v) is 9.61. The summed E-state index contributed by atoms with van der Waals surface area (Å²) in [5.41, 5.74) is 2.85. The molecule has 2 heterocycles. The lowest BCUT2D eigenvalue weighted by molar-refractivity contribution is -0.181. The summed E-state index contributed by atoms with van der Waals surface area (Å²) < 4.78 is 6.07. The van der Waals surface area contributed by atoms with E-state index in [2.05, 4.69) is 0 Å². The Labute approximate surface area is 222 Å². The minimum Gasteiger partial charge on any atom is -0.483 e. The summed E-state index contributed by atoms with van der Waals surface area (Å²) in [5, 5.41) is 14.8. The van der Waals surface area contributed by atoms with Crippen molar-refractivity contribution in [2.45, 2.75) is 38.8 Å². The number of allylic oxidation sites excluding steroid dienone is 1. The normalized spacial score (nSPS) is 18.3. The monoisotopic (exact) mass is 509 g/mol. The van der Waals surface area contributed by atoms with Crippen LogP contribution in [-0.4, -0.2) is 50.7 Å². The number of amides is 1. The Morgan fingerprint density at radius 3 is 1.97 bits per heavy atom. The van der Waals surface area contributed by atoms with E-state index in [1.165, 1.54) is 17.2 Å². The van der Waals surface area contributed by atoms with Gasteiger partial charge in [0.15, 0.2) is 17.7 Å². The van der Waals surface area contributed by atoms with Gasteiger partial charge in [-0.05, 0) is 42.7 Å². The maximum atomic E-state index is 13.9. The van der Waals surface area contributed by atoms with Crippen LogP contribution in [0.3, 0.4) is 0 Å². The lowest BCUT2D eigenvalue weighted by Gasteiger charge is -2.50. The van der Waals surface area contributed by atoms with Crippen LogP contribution in [0.5, 0.6) is 0 Å². The van der Waals surface area contributed by atoms with Gasteiger partial charge in [-0.3, -0.25) is 14.6 Å². The van der Waals surface area contributed by atoms with Crippen molar-refractivity contribution in [3.05, 3.63) is 131 Å². The summed E-state index contributed by atoms with van der Waals surface area (Å²) in [6, 6.07) is 28.8. The lowest BCUT2D eigenvalue weighted by Crippen LogP contribution is -2.62. The van der Waals surface area contributed by atoms with E-state index in [-0.39, 0.29) is 42.7 Å². The highest BCUT2D eigenvalue weighted by Crippen LogP contribution is 2.38. The minimum atomic E-state index is -1.25. The first-order valence-corrected chi connectivity index (χ1v) is 12.7. The first kappa shape index (κ1) is 25.4. The zero-order valence-electron chi connectivity index (χ0n) is 21.5. The molecular weight excluding hydrogens is 478 g/mol. The van der Waals surface area contributed by atoms with Crippen LogP contribution in [0.15, 0.2) is 115 Å². The Balaban J connectivity index is 1.67. The van der Waals surface area contributed by atoms with Gasteiger partial charge in [0.2, 0.25) is 5.78 Å². The van der Waals surface area contributed by atoms with E-state index in [1.54, 1.807) is 4.90 Å². The molecule has 38 heavy (non-hydrogen) atoms. The van der Waals surface area contributed by atoms with Crippen LogP contribution < -0.4 is 0 Å². The van der Waals surface area contributed by atoms with Gasteiger partial charge in [0.25, 0.3) is 5.91 Å². The van der Waals surface area contributed by atoms with Gasteiger partial charge in [0, 0.05) is 6.04 Å². The van der Waals surface area contributed by atoms with E-state index in [0.717, 1.165) is 16.7 Å². The first-order chi connectivity index (χ1) is 18.5. The van der Waals surface area contributed by atoms with Gasteiger partial charge in [0.1, 0.15) is 6.61 Å². The molecule has 0 aromatic heterocycles. The number of benzene rings is 3. The molecule has 1 saturated heterocycles. The van der Waals surface area contributed by atoms with Gasteiger partial charge in [-0.2, -0.15) is 5.01 Å². The van der Waals surface area contributed by atoms with Crippen LogP contribution in [-0.2, 0) is 20.9 Å². The van der Waals surface area contributed by atoms with E-state index in [1.807, 2.05) is 110 Å². The smallest absolute Gasteiger partial charge is 0.276 e. The number of hydrogen-bond donors (Lipinski definition) is 1. The molecular formula is C31H31N3O4. The van der Waals surface area contributed by atoms with Crippen LogP contribution in [0.2, 0.25) is 0 Å². The number of carbonyl (C=O) groups is 2. The third kappa shape index (κ3) is 4.98. The molecule has 1 atom stereocenters. The van der Waals surface area contributed by atoms with Crippen molar-refractivity contribution in [3.8, 4) is 0 Å². The fourth-order valence-corrected chi connectivity index (χ4v) is 4.86. The van der Waals surface area contributed by atoms with Gasteiger partial charge in [-0.25, -0.2) is 0 Å². The van der Waals surface area contributed by atoms with Crippen LogP contribution in [0.1, 0.15) is 36.6 Å². The fraction of sp³-hybridized carbons (Fsp3) is 0.226. The minimum absolute atomic E-state index is 0.0280. The van der Waals surface area contributed by atoms with E-state index in [0.29, 0.717) is 0 Å². The number of rotatable bonds is 7. The van der Waals surface area contributed by atoms with Gasteiger partial charge >= 0.3 is 0 Å². The van der Waals surface area contributed by atoms with Crippen LogP contribution in [0, 0.1) is 0 Å². The molecule has 0 saturated carbocycles. The SMILES string of the molecule is CC(C)N1CN(C(c2ccccc2)c2ccccc2)N2C(=C(OCc3ccccc3)C(=O)C=CC2O)C1=O. The number of aliphatic hydroxyl groups excluding tert-OH is 1. The Bertz CT molecular complexity index is 1300. The number of hydrogen-bond acceptors (Lipinski definition) is 6. The summed E-state index contributed by atoms with van der Waals surface area (Å²) in [5.74, 6) is -0.912. The first-order valence-electron chi connectivity index (χ1n) is 12.7. The number of ether oxygens (including phenoxy) is 1. The summed E-state index contributed by atoms with van der Waals surface area (Å²) in [7, 11) is 0. The third-order valence-electron chi connectivity index (χ3n) is 6.75. The van der Waals surface area contributed by atoms with Crippen LogP contribution in [0.4, 0.5) is 0 Å². The van der Waals surface area contributed by atoms with E-state index in [9.17, 15) is 14.7 Å². The average molecular weight is 510 g/mol. The average Bonchev–Trinajstić information content (AvgIpc) is 3.06. The maximum Gasteiger partial charge on any atom is 0.276 e. The molecule has 0 spiro atoms. The van der Waals surface area contributed by atoms with Crippen molar-refractivity contribution in [3.63, 3.8) is 0 Å². The zero-order valence-corrected chi connectivity index (χ0v) is 21.5. The van der Waals surface area contributed by atoms with Crippen LogP contribution >= 0.6 is 0 Å². The van der Waals surface area contributed by atoms with Crippen molar-refractivity contribution < 1.29 is 19.4 Å². The molecule has 3 aromatic rings. The molecule has 1 amide bonds. The molecule has 7 nitrogen and oxygen atoms in total. The second-order valence-electron chi connectivity index (χ2n) is 9.61.